The summed E-state index contributed by atoms with van der Waals surface area (Å²) >= 11 is 6.50. The van der Waals surface area contributed by atoms with Crippen LogP contribution in [0.3, 0.4) is 0 Å². The Hall–Kier alpha value is -3.24. The molecule has 7 nitrogen and oxygen atoms in total. The quantitative estimate of drug-likeness (QED) is 0.484. The standard InChI is InChI=1S/C21H22ClN5O2/c1-3-4-9-29-21-19(22)10-17(11-20(21)28-2)13-27(26-14-24-25-15-26)18-7-5-16(12-23)6-8-18/h5-8,10-11,14-15H,3-4,9,13H2,1-2H3. The van der Waals surface area contributed by atoms with Gasteiger partial charge in [-0.2, -0.15) is 5.26 Å². The van der Waals surface area contributed by atoms with Crippen molar-refractivity contribution in [2.75, 3.05) is 18.7 Å². The van der Waals surface area contributed by atoms with Crippen LogP contribution in [0.5, 0.6) is 11.5 Å². The van der Waals surface area contributed by atoms with Crippen LogP contribution in [-0.2, 0) is 6.54 Å². The normalized spacial score (nSPS) is 10.4. The van der Waals surface area contributed by atoms with Gasteiger partial charge in [-0.15, -0.1) is 10.2 Å². The summed E-state index contributed by atoms with van der Waals surface area (Å²) in [5.74, 6) is 1.15. The van der Waals surface area contributed by atoms with E-state index in [0.717, 1.165) is 24.1 Å². The molecule has 0 aliphatic heterocycles. The van der Waals surface area contributed by atoms with Gasteiger partial charge in [0.05, 0.1) is 42.6 Å². The number of benzene rings is 2. The van der Waals surface area contributed by atoms with Crippen LogP contribution in [0.15, 0.2) is 49.1 Å². The third kappa shape index (κ3) is 4.98. The van der Waals surface area contributed by atoms with Gasteiger partial charge in [0.2, 0.25) is 0 Å². The summed E-state index contributed by atoms with van der Waals surface area (Å²) in [5.41, 5.74) is 2.39. The Balaban J connectivity index is 1.91. The summed E-state index contributed by atoms with van der Waals surface area (Å²) < 4.78 is 13.1. The molecule has 0 radical (unpaired) electrons. The molecule has 0 N–H and O–H groups in total. The number of hydrogen-bond acceptors (Lipinski definition) is 6. The molecule has 0 bridgehead atoms. The maximum atomic E-state index is 9.05. The fourth-order valence-electron chi connectivity index (χ4n) is 2.83. The van der Waals surface area contributed by atoms with Crippen molar-refractivity contribution in [3.8, 4) is 17.6 Å². The SMILES string of the molecule is CCCCOc1c(Cl)cc(CN(c2ccc(C#N)cc2)n2cnnc2)cc1OC. The zero-order chi connectivity index (χ0) is 20.6. The van der Waals surface area contributed by atoms with Crippen LogP contribution in [-0.4, -0.2) is 28.6 Å². The second-order valence-electron chi connectivity index (χ2n) is 6.37. The van der Waals surface area contributed by atoms with E-state index in [2.05, 4.69) is 23.2 Å². The molecule has 0 spiro atoms. The van der Waals surface area contributed by atoms with Crippen molar-refractivity contribution in [1.29, 1.82) is 5.26 Å². The van der Waals surface area contributed by atoms with Gasteiger partial charge >= 0.3 is 0 Å². The average molecular weight is 412 g/mol. The molecule has 0 unspecified atom stereocenters. The van der Waals surface area contributed by atoms with Crippen LogP contribution in [0.4, 0.5) is 5.69 Å². The van der Waals surface area contributed by atoms with Crippen LogP contribution in [0, 0.1) is 11.3 Å². The van der Waals surface area contributed by atoms with Crippen molar-refractivity contribution < 1.29 is 9.47 Å². The van der Waals surface area contributed by atoms with Crippen molar-refractivity contribution in [2.24, 2.45) is 0 Å². The van der Waals surface area contributed by atoms with E-state index in [4.69, 9.17) is 26.3 Å². The Kier molecular flexibility index (Phi) is 6.93. The summed E-state index contributed by atoms with van der Waals surface area (Å²) in [7, 11) is 1.60. The van der Waals surface area contributed by atoms with E-state index < -0.39 is 0 Å². The molecule has 0 amide bonds. The summed E-state index contributed by atoms with van der Waals surface area (Å²) in [6, 6.07) is 13.2. The van der Waals surface area contributed by atoms with Crippen molar-refractivity contribution in [1.82, 2.24) is 14.9 Å². The number of anilines is 1. The Morgan fingerprint density at radius 3 is 2.52 bits per heavy atom. The number of aromatic nitrogens is 3. The highest BCUT2D eigenvalue weighted by Gasteiger charge is 2.16. The number of unbranched alkanes of at least 4 members (excludes halogenated alkanes) is 1. The number of methoxy groups -OCH3 is 1. The van der Waals surface area contributed by atoms with E-state index in [-0.39, 0.29) is 0 Å². The lowest BCUT2D eigenvalue weighted by Crippen LogP contribution is -2.27. The highest BCUT2D eigenvalue weighted by atomic mass is 35.5. The van der Waals surface area contributed by atoms with E-state index in [9.17, 15) is 0 Å². The number of halogens is 1. The Labute approximate surface area is 175 Å². The van der Waals surface area contributed by atoms with Gasteiger partial charge < -0.3 is 9.47 Å². The third-order valence-electron chi connectivity index (χ3n) is 4.35. The monoisotopic (exact) mass is 411 g/mol. The van der Waals surface area contributed by atoms with Gasteiger partial charge in [0.15, 0.2) is 11.5 Å². The summed E-state index contributed by atoms with van der Waals surface area (Å²) in [6.45, 7) is 3.17. The van der Waals surface area contributed by atoms with Gasteiger partial charge in [0.25, 0.3) is 0 Å². The Bertz CT molecular complexity index is 968. The molecule has 0 atom stereocenters. The minimum atomic E-state index is 0.481. The first kappa shape index (κ1) is 20.5. The topological polar surface area (TPSA) is 76.2 Å². The van der Waals surface area contributed by atoms with Gasteiger partial charge in [-0.3, -0.25) is 5.01 Å². The Morgan fingerprint density at radius 1 is 1.17 bits per heavy atom. The third-order valence-corrected chi connectivity index (χ3v) is 4.63. The predicted octanol–water partition coefficient (Wildman–Crippen LogP) is 4.46. The fraction of sp³-hybridized carbons (Fsp3) is 0.286. The molecular weight excluding hydrogens is 390 g/mol. The molecule has 0 saturated carbocycles. The molecule has 3 rings (SSSR count). The molecule has 8 heteroatoms. The van der Waals surface area contributed by atoms with Gasteiger partial charge in [0, 0.05) is 0 Å². The van der Waals surface area contributed by atoms with E-state index in [1.54, 1.807) is 36.6 Å². The molecule has 1 aromatic heterocycles. The number of nitrogens with zero attached hydrogens (tertiary/aromatic N) is 5. The molecule has 1 heterocycles. The van der Waals surface area contributed by atoms with Crippen molar-refractivity contribution in [3.63, 3.8) is 0 Å². The Morgan fingerprint density at radius 2 is 1.90 bits per heavy atom. The van der Waals surface area contributed by atoms with Crippen LogP contribution >= 0.6 is 11.6 Å². The summed E-state index contributed by atoms with van der Waals surface area (Å²) in [4.78, 5) is 0. The van der Waals surface area contributed by atoms with Crippen molar-refractivity contribution in [2.45, 2.75) is 26.3 Å². The smallest absolute Gasteiger partial charge is 0.179 e. The van der Waals surface area contributed by atoms with Crippen molar-refractivity contribution in [3.05, 3.63) is 65.2 Å². The van der Waals surface area contributed by atoms with E-state index in [1.165, 1.54) is 0 Å². The maximum absolute atomic E-state index is 9.05. The number of rotatable bonds is 9. The van der Waals surface area contributed by atoms with Gasteiger partial charge in [-0.05, 0) is 48.4 Å². The van der Waals surface area contributed by atoms with Crippen LogP contribution < -0.4 is 14.5 Å². The second-order valence-corrected chi connectivity index (χ2v) is 6.78. The molecule has 29 heavy (non-hydrogen) atoms. The lowest BCUT2D eigenvalue weighted by Gasteiger charge is -2.25. The molecule has 0 saturated heterocycles. The van der Waals surface area contributed by atoms with Gasteiger partial charge in [0.1, 0.15) is 12.7 Å². The zero-order valence-electron chi connectivity index (χ0n) is 16.4. The minimum Gasteiger partial charge on any atom is -0.493 e. The second kappa shape index (κ2) is 9.80. The van der Waals surface area contributed by atoms with Crippen LogP contribution in [0.1, 0.15) is 30.9 Å². The molecule has 0 aliphatic rings. The largest absolute Gasteiger partial charge is 0.493 e. The first-order valence-electron chi connectivity index (χ1n) is 9.28. The number of hydrogen-bond donors (Lipinski definition) is 0. The lowest BCUT2D eigenvalue weighted by molar-refractivity contribution is 0.288. The first-order chi connectivity index (χ1) is 14.2. The zero-order valence-corrected chi connectivity index (χ0v) is 17.1. The predicted molar refractivity (Wildman–Crippen MR) is 111 cm³/mol. The summed E-state index contributed by atoms with van der Waals surface area (Å²) in [6.07, 6.45) is 5.20. The summed E-state index contributed by atoms with van der Waals surface area (Å²) in [5, 5.41) is 19.3. The van der Waals surface area contributed by atoms with Gasteiger partial charge in [-0.25, -0.2) is 4.68 Å². The molecule has 0 aliphatic carbocycles. The lowest BCUT2D eigenvalue weighted by atomic mass is 10.1. The highest BCUT2D eigenvalue weighted by molar-refractivity contribution is 6.32. The van der Waals surface area contributed by atoms with E-state index in [0.29, 0.717) is 35.2 Å². The van der Waals surface area contributed by atoms with Crippen molar-refractivity contribution >= 4 is 17.3 Å². The van der Waals surface area contributed by atoms with Gasteiger partial charge in [-0.1, -0.05) is 24.9 Å². The average Bonchev–Trinajstić information content (AvgIpc) is 3.28. The van der Waals surface area contributed by atoms with Crippen LogP contribution in [0.2, 0.25) is 5.02 Å². The fourth-order valence-corrected chi connectivity index (χ4v) is 3.12. The molecular formula is C21H22ClN5O2. The minimum absolute atomic E-state index is 0.481. The van der Waals surface area contributed by atoms with Crippen LogP contribution in [0.25, 0.3) is 0 Å². The highest BCUT2D eigenvalue weighted by Crippen LogP contribution is 2.37. The molecule has 150 valence electrons. The maximum Gasteiger partial charge on any atom is 0.179 e. The molecule has 3 aromatic rings. The first-order valence-corrected chi connectivity index (χ1v) is 9.66. The molecule has 0 fully saturated rings. The number of ether oxygens (including phenoxy) is 2. The van der Waals surface area contributed by atoms with E-state index >= 15 is 0 Å². The number of nitriles is 1. The molecule has 2 aromatic carbocycles. The van der Waals surface area contributed by atoms with E-state index in [1.807, 2.05) is 29.3 Å².